The number of fused-ring (bicyclic) bond motifs is 1. The van der Waals surface area contributed by atoms with E-state index < -0.39 is 11.9 Å². The minimum Gasteiger partial charge on any atom is -0.496 e. The Labute approximate surface area is 150 Å². The van der Waals surface area contributed by atoms with Gasteiger partial charge in [0.05, 0.1) is 25.7 Å². The van der Waals surface area contributed by atoms with Crippen LogP contribution >= 0.6 is 0 Å². The second-order valence-corrected chi connectivity index (χ2v) is 5.97. The van der Waals surface area contributed by atoms with Gasteiger partial charge in [0, 0.05) is 24.4 Å². The highest BCUT2D eigenvalue weighted by Gasteiger charge is 2.39. The number of carbonyl (C=O) groups is 1. The molecule has 0 spiro atoms. The average Bonchev–Trinajstić information content (AvgIpc) is 2.64. The summed E-state index contributed by atoms with van der Waals surface area (Å²) in [5, 5.41) is 0. The largest absolute Gasteiger partial charge is 0.496 e. The Morgan fingerprint density at radius 2 is 1.96 bits per heavy atom. The number of benzene rings is 1. The summed E-state index contributed by atoms with van der Waals surface area (Å²) in [6, 6.07) is 8.87. The Kier molecular flexibility index (Phi) is 4.46. The smallest absolute Gasteiger partial charge is 0.340 e. The van der Waals surface area contributed by atoms with Crippen LogP contribution in [-0.2, 0) is 16.6 Å². The molecule has 1 aromatic heterocycles. The van der Waals surface area contributed by atoms with Crippen LogP contribution in [0, 0.1) is 6.92 Å². The molecule has 0 fully saturated rings. The highest BCUT2D eigenvalue weighted by Crippen LogP contribution is 2.43. The zero-order chi connectivity index (χ0) is 19.0. The molecule has 2 aromatic rings. The van der Waals surface area contributed by atoms with Crippen LogP contribution in [0.15, 0.2) is 46.6 Å². The zero-order valence-corrected chi connectivity index (χ0v) is 15.0. The van der Waals surface area contributed by atoms with Crippen LogP contribution in [-0.4, -0.2) is 24.8 Å². The SMILES string of the molecule is COC(=O)C1=C(N)Oc2cc(C)n(C)c(=O)c2[C@@H]1c1ccccc1OC. The number of aryl methyl sites for hydroxylation is 1. The third-order valence-electron chi connectivity index (χ3n) is 4.59. The quantitative estimate of drug-likeness (QED) is 0.839. The minimum absolute atomic E-state index is 0.0745. The normalized spacial score (nSPS) is 15.9. The van der Waals surface area contributed by atoms with Crippen LogP contribution in [0.5, 0.6) is 11.5 Å². The van der Waals surface area contributed by atoms with Gasteiger partial charge in [-0.05, 0) is 13.0 Å². The molecule has 2 heterocycles. The maximum Gasteiger partial charge on any atom is 0.340 e. The lowest BCUT2D eigenvalue weighted by Gasteiger charge is -2.29. The predicted molar refractivity (Wildman–Crippen MR) is 95.1 cm³/mol. The van der Waals surface area contributed by atoms with E-state index in [0.29, 0.717) is 28.3 Å². The summed E-state index contributed by atoms with van der Waals surface area (Å²) in [6.07, 6.45) is 0. The van der Waals surface area contributed by atoms with Crippen molar-refractivity contribution < 1.29 is 19.0 Å². The Hall–Kier alpha value is -3.22. The molecule has 1 aliphatic rings. The molecular formula is C19H20N2O5. The third kappa shape index (κ3) is 2.61. The van der Waals surface area contributed by atoms with Gasteiger partial charge in [-0.15, -0.1) is 0 Å². The molecule has 1 aromatic carbocycles. The average molecular weight is 356 g/mol. The molecule has 0 saturated carbocycles. The second-order valence-electron chi connectivity index (χ2n) is 5.97. The number of carbonyl (C=O) groups excluding carboxylic acids is 1. The number of rotatable bonds is 3. The zero-order valence-electron chi connectivity index (χ0n) is 15.0. The summed E-state index contributed by atoms with van der Waals surface area (Å²) in [5.74, 6) is -0.657. The molecular weight excluding hydrogens is 336 g/mol. The maximum atomic E-state index is 13.0. The molecule has 1 aliphatic heterocycles. The van der Waals surface area contributed by atoms with Crippen molar-refractivity contribution in [2.75, 3.05) is 14.2 Å². The van der Waals surface area contributed by atoms with E-state index in [1.165, 1.54) is 18.8 Å². The fourth-order valence-electron chi connectivity index (χ4n) is 3.17. The van der Waals surface area contributed by atoms with E-state index in [9.17, 15) is 9.59 Å². The lowest BCUT2D eigenvalue weighted by Crippen LogP contribution is -2.34. The standard InChI is InChI=1S/C19H20N2O5/c1-10-9-13-15(18(22)21(10)2)14(11-7-5-6-8-12(11)24-3)16(17(20)26-13)19(23)25-4/h5-9,14H,20H2,1-4H3/t14-/m0/s1. The van der Waals surface area contributed by atoms with Crippen molar-refractivity contribution >= 4 is 5.97 Å². The molecule has 2 N–H and O–H groups in total. The van der Waals surface area contributed by atoms with Gasteiger partial charge in [0.1, 0.15) is 17.1 Å². The Morgan fingerprint density at radius 1 is 1.27 bits per heavy atom. The van der Waals surface area contributed by atoms with Crippen molar-refractivity contribution in [1.29, 1.82) is 0 Å². The van der Waals surface area contributed by atoms with Crippen LogP contribution in [0.4, 0.5) is 0 Å². The lowest BCUT2D eigenvalue weighted by atomic mass is 9.83. The summed E-state index contributed by atoms with van der Waals surface area (Å²) in [4.78, 5) is 25.5. The van der Waals surface area contributed by atoms with Crippen LogP contribution < -0.4 is 20.8 Å². The third-order valence-corrected chi connectivity index (χ3v) is 4.59. The molecule has 136 valence electrons. The van der Waals surface area contributed by atoms with Gasteiger partial charge in [-0.25, -0.2) is 4.79 Å². The number of nitrogens with two attached hydrogens (primary N) is 1. The lowest BCUT2D eigenvalue weighted by molar-refractivity contribution is -0.136. The highest BCUT2D eigenvalue weighted by atomic mass is 16.5. The van der Waals surface area contributed by atoms with Crippen molar-refractivity contribution in [3.8, 4) is 11.5 Å². The molecule has 7 nitrogen and oxygen atoms in total. The summed E-state index contributed by atoms with van der Waals surface area (Å²) in [6.45, 7) is 1.79. The first kappa shape index (κ1) is 17.6. The fourth-order valence-corrected chi connectivity index (χ4v) is 3.17. The molecule has 0 bridgehead atoms. The number of para-hydroxylation sites is 1. The van der Waals surface area contributed by atoms with Crippen molar-refractivity contribution in [3.63, 3.8) is 0 Å². The van der Waals surface area contributed by atoms with Gasteiger partial charge in [0.15, 0.2) is 0 Å². The minimum atomic E-state index is -0.762. The summed E-state index contributed by atoms with van der Waals surface area (Å²) < 4.78 is 17.4. The van der Waals surface area contributed by atoms with E-state index in [2.05, 4.69) is 0 Å². The van der Waals surface area contributed by atoms with Gasteiger partial charge in [0.2, 0.25) is 5.88 Å². The molecule has 0 unspecified atom stereocenters. The number of esters is 1. The summed E-state index contributed by atoms with van der Waals surface area (Å²) >= 11 is 0. The van der Waals surface area contributed by atoms with Gasteiger partial charge >= 0.3 is 5.97 Å². The van der Waals surface area contributed by atoms with E-state index in [1.807, 2.05) is 0 Å². The number of aromatic nitrogens is 1. The maximum absolute atomic E-state index is 13.0. The van der Waals surface area contributed by atoms with Crippen LogP contribution in [0.3, 0.4) is 0 Å². The number of hydrogen-bond donors (Lipinski definition) is 1. The number of nitrogens with zero attached hydrogens (tertiary/aromatic N) is 1. The number of methoxy groups -OCH3 is 2. The molecule has 7 heteroatoms. The molecule has 0 saturated heterocycles. The van der Waals surface area contributed by atoms with Gasteiger partial charge in [0.25, 0.3) is 5.56 Å². The van der Waals surface area contributed by atoms with Crippen LogP contribution in [0.1, 0.15) is 22.7 Å². The van der Waals surface area contributed by atoms with Gasteiger partial charge in [-0.3, -0.25) is 4.79 Å². The highest BCUT2D eigenvalue weighted by molar-refractivity contribution is 5.92. The number of pyridine rings is 1. The number of hydrogen-bond acceptors (Lipinski definition) is 6. The van der Waals surface area contributed by atoms with Gasteiger partial charge in [-0.1, -0.05) is 18.2 Å². The van der Waals surface area contributed by atoms with Gasteiger partial charge in [-0.2, -0.15) is 0 Å². The fraction of sp³-hybridized carbons (Fsp3) is 0.263. The van der Waals surface area contributed by atoms with Crippen molar-refractivity contribution in [1.82, 2.24) is 4.57 Å². The van der Waals surface area contributed by atoms with E-state index in [4.69, 9.17) is 19.9 Å². The first-order valence-corrected chi connectivity index (χ1v) is 8.00. The second kappa shape index (κ2) is 6.59. The van der Waals surface area contributed by atoms with E-state index in [-0.39, 0.29) is 17.0 Å². The summed E-state index contributed by atoms with van der Waals surface area (Å²) in [5.41, 5.74) is 7.49. The van der Waals surface area contributed by atoms with E-state index >= 15 is 0 Å². The Balaban J connectivity index is 2.39. The topological polar surface area (TPSA) is 92.8 Å². The molecule has 26 heavy (non-hydrogen) atoms. The first-order valence-electron chi connectivity index (χ1n) is 8.00. The molecule has 3 rings (SSSR count). The molecule has 1 atom stereocenters. The predicted octanol–water partition coefficient (Wildman–Crippen LogP) is 1.57. The molecule has 0 radical (unpaired) electrons. The van der Waals surface area contributed by atoms with E-state index in [1.54, 1.807) is 44.3 Å². The first-order chi connectivity index (χ1) is 12.4. The van der Waals surface area contributed by atoms with Crippen molar-refractivity contribution in [2.45, 2.75) is 12.8 Å². The number of ether oxygens (including phenoxy) is 3. The molecule has 0 amide bonds. The monoisotopic (exact) mass is 356 g/mol. The Bertz CT molecular complexity index is 974. The van der Waals surface area contributed by atoms with Crippen molar-refractivity contribution in [3.05, 3.63) is 69.0 Å². The van der Waals surface area contributed by atoms with Crippen LogP contribution in [0.2, 0.25) is 0 Å². The Morgan fingerprint density at radius 3 is 2.62 bits per heavy atom. The summed E-state index contributed by atoms with van der Waals surface area (Å²) in [7, 11) is 4.44. The van der Waals surface area contributed by atoms with E-state index in [0.717, 1.165) is 0 Å². The molecule has 0 aliphatic carbocycles. The van der Waals surface area contributed by atoms with Crippen molar-refractivity contribution in [2.24, 2.45) is 12.8 Å². The van der Waals surface area contributed by atoms with Gasteiger partial charge < -0.3 is 24.5 Å². The van der Waals surface area contributed by atoms with Crippen LogP contribution in [0.25, 0.3) is 0 Å².